The van der Waals surface area contributed by atoms with Gasteiger partial charge < -0.3 is 9.47 Å². The molecular weight excluding hydrogens is 335 g/mol. The molecule has 0 radical (unpaired) electrons. The second-order valence-electron chi connectivity index (χ2n) is 2.70. The SMILES string of the molecule is COC(=O)c1cnc(C(F)F)c(I)c1OC. The fourth-order valence-corrected chi connectivity index (χ4v) is 1.98. The molecule has 0 unspecified atom stereocenters. The number of ether oxygens (including phenoxy) is 2. The fraction of sp³-hybridized carbons (Fsp3) is 0.333. The highest BCUT2D eigenvalue weighted by molar-refractivity contribution is 14.1. The zero-order valence-corrected chi connectivity index (χ0v) is 10.6. The summed E-state index contributed by atoms with van der Waals surface area (Å²) in [5.41, 5.74) is -0.385. The molecule has 0 bridgehead atoms. The van der Waals surface area contributed by atoms with Gasteiger partial charge in [-0.05, 0) is 22.6 Å². The summed E-state index contributed by atoms with van der Waals surface area (Å²) in [6.45, 7) is 0. The van der Waals surface area contributed by atoms with Crippen LogP contribution in [0.3, 0.4) is 0 Å². The van der Waals surface area contributed by atoms with Gasteiger partial charge in [0.2, 0.25) is 0 Å². The molecule has 1 rings (SSSR count). The minimum Gasteiger partial charge on any atom is -0.495 e. The standard InChI is InChI=1S/C9H8F2INO3/c1-15-7-4(9(14)16-2)3-13-6(5(7)12)8(10)11/h3,8H,1-2H3. The van der Waals surface area contributed by atoms with Crippen LogP contribution < -0.4 is 4.74 Å². The van der Waals surface area contributed by atoms with E-state index in [2.05, 4.69) is 9.72 Å². The van der Waals surface area contributed by atoms with Crippen LogP contribution in [0.2, 0.25) is 0 Å². The molecule has 0 amide bonds. The van der Waals surface area contributed by atoms with Gasteiger partial charge >= 0.3 is 5.97 Å². The van der Waals surface area contributed by atoms with Gasteiger partial charge in [-0.1, -0.05) is 0 Å². The van der Waals surface area contributed by atoms with Crippen molar-refractivity contribution < 1.29 is 23.0 Å². The van der Waals surface area contributed by atoms with E-state index in [1.807, 2.05) is 0 Å². The molecule has 4 nitrogen and oxygen atoms in total. The number of halogens is 3. The molecule has 0 aromatic carbocycles. The third-order valence-corrected chi connectivity index (χ3v) is 2.86. The highest BCUT2D eigenvalue weighted by Gasteiger charge is 2.23. The summed E-state index contributed by atoms with van der Waals surface area (Å²) < 4.78 is 34.5. The number of rotatable bonds is 3. The van der Waals surface area contributed by atoms with Crippen LogP contribution in [0.4, 0.5) is 8.78 Å². The first-order chi connectivity index (χ1) is 7.52. The highest BCUT2D eigenvalue weighted by Crippen LogP contribution is 2.32. The minimum absolute atomic E-state index is 0.0267. The summed E-state index contributed by atoms with van der Waals surface area (Å²) in [6, 6.07) is 0. The maximum absolute atomic E-state index is 12.5. The van der Waals surface area contributed by atoms with Gasteiger partial charge in [0, 0.05) is 6.20 Å². The third-order valence-electron chi connectivity index (χ3n) is 1.82. The lowest BCUT2D eigenvalue weighted by molar-refractivity contribution is 0.0595. The van der Waals surface area contributed by atoms with E-state index in [0.717, 1.165) is 6.20 Å². The number of hydrogen-bond donors (Lipinski definition) is 0. The number of hydrogen-bond acceptors (Lipinski definition) is 4. The molecule has 0 atom stereocenters. The van der Waals surface area contributed by atoms with Gasteiger partial charge in [0.05, 0.1) is 17.8 Å². The van der Waals surface area contributed by atoms with Gasteiger partial charge in [0.1, 0.15) is 17.0 Å². The fourth-order valence-electron chi connectivity index (χ4n) is 1.09. The molecule has 0 aliphatic rings. The number of esters is 1. The number of pyridine rings is 1. The van der Waals surface area contributed by atoms with Crippen LogP contribution in [0.25, 0.3) is 0 Å². The summed E-state index contributed by atoms with van der Waals surface area (Å²) in [5.74, 6) is -0.624. The van der Waals surface area contributed by atoms with Crippen molar-refractivity contribution in [1.29, 1.82) is 0 Å². The number of methoxy groups -OCH3 is 2. The molecule has 1 aromatic heterocycles. The van der Waals surface area contributed by atoms with Crippen molar-refractivity contribution in [1.82, 2.24) is 4.98 Å². The first-order valence-electron chi connectivity index (χ1n) is 4.11. The Morgan fingerprint density at radius 3 is 2.56 bits per heavy atom. The van der Waals surface area contributed by atoms with Crippen molar-refractivity contribution >= 4 is 28.6 Å². The van der Waals surface area contributed by atoms with Gasteiger partial charge in [-0.2, -0.15) is 0 Å². The zero-order valence-electron chi connectivity index (χ0n) is 8.46. The van der Waals surface area contributed by atoms with E-state index in [9.17, 15) is 13.6 Å². The summed E-state index contributed by atoms with van der Waals surface area (Å²) in [7, 11) is 2.48. The average molecular weight is 343 g/mol. The largest absolute Gasteiger partial charge is 0.495 e. The molecule has 0 aliphatic heterocycles. The number of carbonyl (C=O) groups excluding carboxylic acids is 1. The number of alkyl halides is 2. The maximum atomic E-state index is 12.5. The van der Waals surface area contributed by atoms with E-state index < -0.39 is 18.1 Å². The van der Waals surface area contributed by atoms with Crippen molar-refractivity contribution in [2.75, 3.05) is 14.2 Å². The predicted octanol–water partition coefficient (Wildman–Crippen LogP) is 2.42. The van der Waals surface area contributed by atoms with E-state index >= 15 is 0 Å². The van der Waals surface area contributed by atoms with Gasteiger partial charge in [-0.3, -0.25) is 4.98 Å². The number of carbonyl (C=O) groups is 1. The van der Waals surface area contributed by atoms with Crippen molar-refractivity contribution in [3.63, 3.8) is 0 Å². The van der Waals surface area contributed by atoms with E-state index in [1.54, 1.807) is 22.6 Å². The van der Waals surface area contributed by atoms with Gasteiger partial charge in [-0.25, -0.2) is 13.6 Å². The molecule has 88 valence electrons. The van der Waals surface area contributed by atoms with Crippen LogP contribution in [0, 0.1) is 3.57 Å². The molecule has 16 heavy (non-hydrogen) atoms. The third kappa shape index (κ3) is 2.39. The number of nitrogens with zero attached hydrogens (tertiary/aromatic N) is 1. The molecule has 0 saturated carbocycles. The predicted molar refractivity (Wildman–Crippen MR) is 59.8 cm³/mol. The Labute approximate surface area is 104 Å². The lowest BCUT2D eigenvalue weighted by atomic mass is 10.2. The summed E-state index contributed by atoms with van der Waals surface area (Å²) >= 11 is 1.66. The highest BCUT2D eigenvalue weighted by atomic mass is 127. The van der Waals surface area contributed by atoms with Crippen molar-refractivity contribution in [3.05, 3.63) is 21.0 Å². The Morgan fingerprint density at radius 1 is 1.50 bits per heavy atom. The molecule has 0 spiro atoms. The summed E-state index contributed by atoms with van der Waals surface area (Å²) in [5, 5.41) is 0. The first kappa shape index (κ1) is 13.1. The van der Waals surface area contributed by atoms with Gasteiger partial charge in [0.25, 0.3) is 6.43 Å². The Kier molecular flexibility index (Phi) is 4.39. The van der Waals surface area contributed by atoms with Crippen molar-refractivity contribution in [2.45, 2.75) is 6.43 Å². The van der Waals surface area contributed by atoms with Crippen LogP contribution >= 0.6 is 22.6 Å². The Hall–Kier alpha value is -0.990. The van der Waals surface area contributed by atoms with E-state index in [1.165, 1.54) is 14.2 Å². The summed E-state index contributed by atoms with van der Waals surface area (Å²) in [4.78, 5) is 14.8. The Bertz CT molecular complexity index is 412. The van der Waals surface area contributed by atoms with Crippen LogP contribution in [0.1, 0.15) is 22.5 Å². The maximum Gasteiger partial charge on any atom is 0.343 e. The quantitative estimate of drug-likeness (QED) is 0.625. The molecular formula is C9H8F2INO3. The van der Waals surface area contributed by atoms with Crippen LogP contribution in [0.15, 0.2) is 6.20 Å². The Balaban J connectivity index is 3.35. The lowest BCUT2D eigenvalue weighted by Crippen LogP contribution is -2.08. The molecule has 0 fully saturated rings. The zero-order chi connectivity index (χ0) is 12.3. The van der Waals surface area contributed by atoms with E-state index in [0.29, 0.717) is 0 Å². The lowest BCUT2D eigenvalue weighted by Gasteiger charge is -2.11. The van der Waals surface area contributed by atoms with Gasteiger partial charge in [0.15, 0.2) is 0 Å². The molecule has 0 N–H and O–H groups in total. The average Bonchev–Trinajstić information content (AvgIpc) is 2.26. The monoisotopic (exact) mass is 343 g/mol. The van der Waals surface area contributed by atoms with Crippen LogP contribution in [-0.4, -0.2) is 25.2 Å². The van der Waals surface area contributed by atoms with Crippen molar-refractivity contribution in [2.24, 2.45) is 0 Å². The normalized spacial score (nSPS) is 10.4. The smallest absolute Gasteiger partial charge is 0.343 e. The number of aromatic nitrogens is 1. The van der Waals surface area contributed by atoms with Crippen molar-refractivity contribution in [3.8, 4) is 5.75 Å². The molecule has 1 aromatic rings. The summed E-state index contributed by atoms with van der Waals surface area (Å²) in [6.07, 6.45) is -1.69. The first-order valence-corrected chi connectivity index (χ1v) is 5.19. The minimum atomic E-state index is -2.72. The van der Waals surface area contributed by atoms with Crippen LogP contribution in [0.5, 0.6) is 5.75 Å². The molecule has 1 heterocycles. The molecule has 0 aliphatic carbocycles. The van der Waals surface area contributed by atoms with E-state index in [4.69, 9.17) is 4.74 Å². The van der Waals surface area contributed by atoms with E-state index in [-0.39, 0.29) is 14.9 Å². The van der Waals surface area contributed by atoms with Gasteiger partial charge in [-0.15, -0.1) is 0 Å². The topological polar surface area (TPSA) is 48.4 Å². The second kappa shape index (κ2) is 5.37. The molecule has 0 saturated heterocycles. The Morgan fingerprint density at radius 2 is 2.12 bits per heavy atom. The second-order valence-corrected chi connectivity index (χ2v) is 3.78. The van der Waals surface area contributed by atoms with Crippen LogP contribution in [-0.2, 0) is 4.74 Å². The molecule has 7 heteroatoms.